The molecule has 0 aliphatic heterocycles. The molecule has 0 aromatic carbocycles. The molecule has 7 nitrogen and oxygen atoms in total. The van der Waals surface area contributed by atoms with E-state index in [1.54, 1.807) is 0 Å². The van der Waals surface area contributed by atoms with Crippen LogP contribution in [0.2, 0.25) is 0 Å². The molecule has 4 N–H and O–H groups in total. The molecule has 0 saturated carbocycles. The van der Waals surface area contributed by atoms with Gasteiger partial charge in [0.25, 0.3) is 0 Å². The molecule has 0 spiro atoms. The van der Waals surface area contributed by atoms with Gasteiger partial charge < -0.3 is 0 Å². The van der Waals surface area contributed by atoms with Crippen molar-refractivity contribution in [3.8, 4) is 0 Å². The minimum atomic E-state index is -4.47. The Bertz CT molecular complexity index is 221. The van der Waals surface area contributed by atoms with E-state index in [1.807, 2.05) is 0 Å². The first-order chi connectivity index (χ1) is 4.39. The Labute approximate surface area is 57.6 Å². The number of carbonyl (C=O) groups excluding carboxylic acids is 1. The van der Waals surface area contributed by atoms with Crippen molar-refractivity contribution in [2.24, 2.45) is 5.84 Å². The summed E-state index contributed by atoms with van der Waals surface area (Å²) in [7, 11) is -3.61. The summed E-state index contributed by atoms with van der Waals surface area (Å²) < 4.78 is 28.4. The fourth-order valence-corrected chi connectivity index (χ4v) is 0.458. The van der Waals surface area contributed by atoms with Gasteiger partial charge >= 0.3 is 16.3 Å². The fourth-order valence-electron chi connectivity index (χ4n) is 0.196. The summed E-state index contributed by atoms with van der Waals surface area (Å²) in [5.41, 5.74) is 1.52. The van der Waals surface area contributed by atoms with E-state index in [0.717, 1.165) is 7.05 Å². The quantitative estimate of drug-likeness (QED) is 0.187. The van der Waals surface area contributed by atoms with Gasteiger partial charge in [-0.3, -0.25) is 9.98 Å². The first kappa shape index (κ1) is 9.14. The molecular weight excluding hydrogens is 162 g/mol. The lowest BCUT2D eigenvalue weighted by Crippen LogP contribution is -2.43. The summed E-state index contributed by atoms with van der Waals surface area (Å²) in [5, 5.41) is 0. The normalized spacial score (nSPS) is 10.7. The molecule has 10 heavy (non-hydrogen) atoms. The Balaban J connectivity index is 4.39. The number of urea groups is 1. The molecule has 0 radical (unpaired) electrons. The van der Waals surface area contributed by atoms with Crippen molar-refractivity contribution in [2.75, 3.05) is 7.05 Å². The number of hydrogen-bond donors (Lipinski definition) is 3. The molecule has 60 valence electrons. The molecule has 0 aromatic rings. The van der Waals surface area contributed by atoms with Crippen molar-refractivity contribution < 1.29 is 17.8 Å². The Morgan fingerprint density at radius 3 is 2.20 bits per heavy atom. The van der Waals surface area contributed by atoms with E-state index >= 15 is 0 Å². The topological polar surface area (TPSA) is 113 Å². The van der Waals surface area contributed by atoms with E-state index in [2.05, 4.69) is 5.84 Å². The number of carbonyl (C=O) groups is 1. The van der Waals surface area contributed by atoms with Crippen LogP contribution in [0.1, 0.15) is 0 Å². The van der Waals surface area contributed by atoms with Crippen LogP contribution in [0, 0.1) is 0 Å². The highest BCUT2D eigenvalue weighted by Gasteiger charge is 2.18. The maximum atomic E-state index is 10.3. The Hall–Kier alpha value is -0.860. The second-order valence-electron chi connectivity index (χ2n) is 1.39. The van der Waals surface area contributed by atoms with E-state index in [9.17, 15) is 13.2 Å². The van der Waals surface area contributed by atoms with Crippen molar-refractivity contribution in [3.63, 3.8) is 0 Å². The predicted molar refractivity (Wildman–Crippen MR) is 32.0 cm³/mol. The van der Waals surface area contributed by atoms with Gasteiger partial charge in [-0.25, -0.2) is 14.9 Å². The van der Waals surface area contributed by atoms with Crippen LogP contribution in [-0.4, -0.2) is 30.4 Å². The van der Waals surface area contributed by atoms with E-state index in [-0.39, 0.29) is 4.31 Å². The van der Waals surface area contributed by atoms with Crippen molar-refractivity contribution in [3.05, 3.63) is 0 Å². The average Bonchev–Trinajstić information content (AvgIpc) is 1.83. The largest absolute Gasteiger partial charge is 0.363 e. The van der Waals surface area contributed by atoms with Gasteiger partial charge in [-0.2, -0.15) is 8.42 Å². The van der Waals surface area contributed by atoms with E-state index in [1.165, 1.54) is 5.43 Å². The van der Waals surface area contributed by atoms with E-state index in [0.29, 0.717) is 0 Å². The SMILES string of the molecule is CN(C(=O)NN)S(=O)(=O)O. The molecule has 0 aromatic heterocycles. The maximum Gasteiger partial charge on any atom is 0.363 e. The monoisotopic (exact) mass is 169 g/mol. The number of nitrogens with two attached hydrogens (primary N) is 1. The zero-order valence-corrected chi connectivity index (χ0v) is 5.92. The van der Waals surface area contributed by atoms with Crippen LogP contribution in [0.15, 0.2) is 0 Å². The highest BCUT2D eigenvalue weighted by Crippen LogP contribution is 1.90. The lowest BCUT2D eigenvalue weighted by atomic mass is 11.0. The number of rotatable bonds is 1. The summed E-state index contributed by atoms with van der Waals surface area (Å²) >= 11 is 0. The summed E-state index contributed by atoms with van der Waals surface area (Å²) in [6, 6.07) is -1.11. The molecule has 8 heteroatoms. The van der Waals surface area contributed by atoms with E-state index in [4.69, 9.17) is 4.55 Å². The molecule has 0 saturated heterocycles. The van der Waals surface area contributed by atoms with Gasteiger partial charge in [-0.05, 0) is 0 Å². The van der Waals surface area contributed by atoms with Gasteiger partial charge in [0.1, 0.15) is 0 Å². The summed E-state index contributed by atoms with van der Waals surface area (Å²) in [6.45, 7) is 0. The van der Waals surface area contributed by atoms with Crippen molar-refractivity contribution in [1.29, 1.82) is 0 Å². The van der Waals surface area contributed by atoms with Crippen LogP contribution in [0.3, 0.4) is 0 Å². The lowest BCUT2D eigenvalue weighted by molar-refractivity contribution is 0.225. The standard InChI is InChI=1S/C2H7N3O4S/c1-5(2(6)4-3)10(7,8)9/h3H2,1H3,(H,4,6)(H,7,8,9). The first-order valence-electron chi connectivity index (χ1n) is 2.11. The van der Waals surface area contributed by atoms with Crippen LogP contribution in [0.5, 0.6) is 0 Å². The second kappa shape index (κ2) is 2.82. The zero-order valence-electron chi connectivity index (χ0n) is 5.10. The molecular formula is C2H7N3O4S. The molecule has 0 aliphatic rings. The van der Waals surface area contributed by atoms with E-state index < -0.39 is 16.3 Å². The third-order valence-electron chi connectivity index (χ3n) is 0.756. The molecule has 0 fully saturated rings. The Morgan fingerprint density at radius 1 is 1.70 bits per heavy atom. The molecule has 0 unspecified atom stereocenters. The Kier molecular flexibility index (Phi) is 2.57. The second-order valence-corrected chi connectivity index (χ2v) is 2.84. The molecule has 0 heterocycles. The lowest BCUT2D eigenvalue weighted by Gasteiger charge is -2.10. The van der Waals surface area contributed by atoms with Crippen LogP contribution in [-0.2, 0) is 10.3 Å². The van der Waals surface area contributed by atoms with Crippen LogP contribution >= 0.6 is 0 Å². The van der Waals surface area contributed by atoms with Crippen molar-refractivity contribution >= 4 is 16.3 Å². The third kappa shape index (κ3) is 2.17. The smallest absolute Gasteiger partial charge is 0.275 e. The molecule has 0 rings (SSSR count). The highest BCUT2D eigenvalue weighted by atomic mass is 32.2. The number of nitrogens with one attached hydrogen (secondary N) is 1. The van der Waals surface area contributed by atoms with Crippen LogP contribution in [0.25, 0.3) is 0 Å². The zero-order chi connectivity index (χ0) is 8.36. The fraction of sp³-hybridized carbons (Fsp3) is 0.500. The molecule has 2 amide bonds. The minimum Gasteiger partial charge on any atom is -0.275 e. The van der Waals surface area contributed by atoms with Crippen LogP contribution in [0.4, 0.5) is 4.79 Å². The van der Waals surface area contributed by atoms with Gasteiger partial charge in [0.15, 0.2) is 0 Å². The van der Waals surface area contributed by atoms with Gasteiger partial charge in [-0.1, -0.05) is 0 Å². The van der Waals surface area contributed by atoms with Crippen molar-refractivity contribution in [1.82, 2.24) is 9.73 Å². The van der Waals surface area contributed by atoms with Crippen molar-refractivity contribution in [2.45, 2.75) is 0 Å². The number of nitrogens with zero attached hydrogens (tertiary/aromatic N) is 1. The first-order valence-corrected chi connectivity index (χ1v) is 3.51. The van der Waals surface area contributed by atoms with Gasteiger partial charge in [0.2, 0.25) is 0 Å². The molecule has 0 atom stereocenters. The summed E-state index contributed by atoms with van der Waals surface area (Å²) in [4.78, 5) is 10.3. The minimum absolute atomic E-state index is 0.0625. The van der Waals surface area contributed by atoms with Gasteiger partial charge in [0.05, 0.1) is 0 Å². The van der Waals surface area contributed by atoms with Gasteiger partial charge in [-0.15, -0.1) is 0 Å². The number of hydrogen-bond acceptors (Lipinski definition) is 4. The third-order valence-corrected chi connectivity index (χ3v) is 1.61. The summed E-state index contributed by atoms with van der Waals surface area (Å²) in [5.74, 6) is 4.55. The number of amides is 2. The van der Waals surface area contributed by atoms with Gasteiger partial charge in [0, 0.05) is 7.05 Å². The summed E-state index contributed by atoms with van der Waals surface area (Å²) in [6.07, 6.45) is 0. The molecule has 0 bridgehead atoms. The highest BCUT2D eigenvalue weighted by molar-refractivity contribution is 7.83. The molecule has 0 aliphatic carbocycles. The van der Waals surface area contributed by atoms with Crippen LogP contribution < -0.4 is 11.3 Å². The average molecular weight is 169 g/mol. The number of hydrazine groups is 1. The predicted octanol–water partition coefficient (Wildman–Crippen LogP) is -1.70. The Morgan fingerprint density at radius 2 is 2.10 bits per heavy atom. The maximum absolute atomic E-state index is 10.3.